The van der Waals surface area contributed by atoms with Gasteiger partial charge in [-0.15, -0.1) is 11.3 Å². The van der Waals surface area contributed by atoms with Crippen molar-refractivity contribution in [2.45, 2.75) is 50.1 Å². The smallest absolute Gasteiger partial charge is 0.235 e. The van der Waals surface area contributed by atoms with Crippen LogP contribution in [0, 0.1) is 0 Å². The van der Waals surface area contributed by atoms with Crippen LogP contribution in [0.1, 0.15) is 36.6 Å². The number of rotatable bonds is 4. The van der Waals surface area contributed by atoms with Gasteiger partial charge < -0.3 is 10.6 Å². The van der Waals surface area contributed by atoms with Gasteiger partial charge in [0, 0.05) is 25.7 Å². The molecular formula is C20H28N6OS. The minimum Gasteiger partial charge on any atom is -0.327 e. The molecule has 0 saturated carbocycles. The number of carbonyl (C=O) groups excluding carboxylic acids is 1. The molecule has 1 aromatic carbocycles. The molecule has 0 bridgehead atoms. The van der Waals surface area contributed by atoms with Crippen molar-refractivity contribution in [1.82, 2.24) is 31.2 Å². The van der Waals surface area contributed by atoms with E-state index in [9.17, 15) is 4.79 Å². The molecule has 4 atom stereocenters. The number of likely N-dealkylation sites (tertiary alicyclic amines) is 1. The number of hydrogen-bond acceptors (Lipinski definition) is 7. The number of carbonyl (C=O) groups is 1. The van der Waals surface area contributed by atoms with Gasteiger partial charge in [-0.05, 0) is 44.4 Å². The van der Waals surface area contributed by atoms with Gasteiger partial charge in [0.2, 0.25) is 5.91 Å². The third kappa shape index (κ3) is 3.67. The van der Waals surface area contributed by atoms with E-state index < -0.39 is 0 Å². The van der Waals surface area contributed by atoms with Gasteiger partial charge in [-0.3, -0.25) is 20.3 Å². The number of thiazole rings is 1. The van der Waals surface area contributed by atoms with Gasteiger partial charge in [-0.2, -0.15) is 0 Å². The molecule has 8 heteroatoms. The molecule has 0 spiro atoms. The Morgan fingerprint density at radius 3 is 2.82 bits per heavy atom. The minimum absolute atomic E-state index is 0.0657. The Bertz CT molecular complexity index is 796. The number of amides is 1. The topological polar surface area (TPSA) is 81.3 Å². The first kappa shape index (κ1) is 18.4. The van der Waals surface area contributed by atoms with Crippen LogP contribution >= 0.6 is 11.3 Å². The average molecular weight is 401 g/mol. The highest BCUT2D eigenvalue weighted by Crippen LogP contribution is 2.31. The molecule has 150 valence electrons. The highest BCUT2D eigenvalue weighted by molar-refractivity contribution is 7.18. The van der Waals surface area contributed by atoms with Crippen LogP contribution in [-0.4, -0.2) is 60.5 Å². The zero-order valence-electron chi connectivity index (χ0n) is 16.0. The molecule has 3 fully saturated rings. The molecule has 7 nitrogen and oxygen atoms in total. The maximum atomic E-state index is 13.2. The van der Waals surface area contributed by atoms with E-state index in [1.165, 1.54) is 12.8 Å². The zero-order valence-corrected chi connectivity index (χ0v) is 16.8. The van der Waals surface area contributed by atoms with E-state index in [0.29, 0.717) is 6.04 Å². The summed E-state index contributed by atoms with van der Waals surface area (Å²) in [6, 6.07) is 8.48. The Kier molecular flexibility index (Phi) is 5.30. The van der Waals surface area contributed by atoms with Crippen LogP contribution in [0.4, 0.5) is 0 Å². The molecule has 3 unspecified atom stereocenters. The zero-order chi connectivity index (χ0) is 18.9. The normalized spacial score (nSPS) is 31.9. The van der Waals surface area contributed by atoms with Gasteiger partial charge in [-0.25, -0.2) is 4.98 Å². The van der Waals surface area contributed by atoms with Gasteiger partial charge in [0.1, 0.15) is 17.2 Å². The van der Waals surface area contributed by atoms with Crippen LogP contribution < -0.4 is 21.3 Å². The molecule has 4 N–H and O–H groups in total. The Morgan fingerprint density at radius 1 is 1.18 bits per heavy atom. The van der Waals surface area contributed by atoms with Crippen LogP contribution in [0.25, 0.3) is 10.2 Å². The highest BCUT2D eigenvalue weighted by atomic mass is 32.1. The van der Waals surface area contributed by atoms with E-state index in [0.717, 1.165) is 54.2 Å². The summed E-state index contributed by atoms with van der Waals surface area (Å²) in [5, 5.41) is 15.0. The summed E-state index contributed by atoms with van der Waals surface area (Å²) in [5.41, 5.74) is 0.968. The lowest BCUT2D eigenvalue weighted by atomic mass is 10.00. The molecule has 2 aromatic rings. The van der Waals surface area contributed by atoms with E-state index in [2.05, 4.69) is 32.2 Å². The lowest BCUT2D eigenvalue weighted by Gasteiger charge is -2.42. The molecule has 4 heterocycles. The molecule has 3 saturated heterocycles. The lowest BCUT2D eigenvalue weighted by molar-refractivity contribution is -0.129. The predicted molar refractivity (Wildman–Crippen MR) is 111 cm³/mol. The highest BCUT2D eigenvalue weighted by Gasteiger charge is 2.42. The fourth-order valence-electron chi connectivity index (χ4n) is 4.55. The molecular weight excluding hydrogens is 372 g/mol. The van der Waals surface area contributed by atoms with Gasteiger partial charge in [0.05, 0.1) is 16.4 Å². The maximum absolute atomic E-state index is 13.2. The van der Waals surface area contributed by atoms with Crippen molar-refractivity contribution < 1.29 is 4.79 Å². The number of nitrogens with one attached hydrogen (secondary N) is 4. The van der Waals surface area contributed by atoms with Crippen molar-refractivity contribution in [3.8, 4) is 0 Å². The monoisotopic (exact) mass is 400 g/mol. The van der Waals surface area contributed by atoms with Gasteiger partial charge >= 0.3 is 0 Å². The first-order valence-electron chi connectivity index (χ1n) is 10.4. The van der Waals surface area contributed by atoms with Gasteiger partial charge in [0.15, 0.2) is 0 Å². The fourth-order valence-corrected chi connectivity index (χ4v) is 5.65. The second-order valence-electron chi connectivity index (χ2n) is 8.01. The number of piperidine rings is 1. The molecule has 1 amide bonds. The summed E-state index contributed by atoms with van der Waals surface area (Å²) in [6.07, 6.45) is 4.46. The van der Waals surface area contributed by atoms with E-state index in [1.807, 2.05) is 18.2 Å². The van der Waals surface area contributed by atoms with Crippen LogP contribution in [0.3, 0.4) is 0 Å². The Labute approximate surface area is 169 Å². The number of fused-ring (bicyclic) bond motifs is 1. The molecule has 1 aromatic heterocycles. The molecule has 3 aliphatic heterocycles. The summed E-state index contributed by atoms with van der Waals surface area (Å²) >= 11 is 1.63. The number of nitrogens with zero attached hydrogens (tertiary/aromatic N) is 2. The van der Waals surface area contributed by atoms with Crippen LogP contribution in [0.5, 0.6) is 0 Å². The van der Waals surface area contributed by atoms with E-state index in [1.54, 1.807) is 11.3 Å². The van der Waals surface area contributed by atoms with Gasteiger partial charge in [0.25, 0.3) is 0 Å². The summed E-state index contributed by atoms with van der Waals surface area (Å²) in [5.74, 6) is -0.255. The van der Waals surface area contributed by atoms with E-state index >= 15 is 0 Å². The van der Waals surface area contributed by atoms with Crippen LogP contribution in [-0.2, 0) is 4.79 Å². The minimum atomic E-state index is -0.321. The number of aromatic nitrogens is 1. The van der Waals surface area contributed by atoms with Crippen molar-refractivity contribution in [3.05, 3.63) is 29.3 Å². The largest absolute Gasteiger partial charge is 0.327 e. The van der Waals surface area contributed by atoms with Crippen molar-refractivity contribution in [2.75, 3.05) is 26.2 Å². The summed E-state index contributed by atoms with van der Waals surface area (Å²) < 4.78 is 1.13. The second kappa shape index (κ2) is 8.04. The fraction of sp³-hybridized carbons (Fsp3) is 0.600. The maximum Gasteiger partial charge on any atom is 0.235 e. The molecule has 0 aliphatic carbocycles. The second-order valence-corrected chi connectivity index (χ2v) is 9.07. The summed E-state index contributed by atoms with van der Waals surface area (Å²) in [7, 11) is 0. The standard InChI is InChI=1S/C20H28N6OS/c27-18-16(19-23-14-7-1-2-8-15(14)28-19)17(22-13-6-5-9-21-12-13)24-20(25-18)26-10-3-4-11-26/h1-2,7-8,13,16-17,20-22,24H,3-6,9-12H2,(H,25,27)/t13-,16?,17?,20?/m1/s1. The van der Waals surface area contributed by atoms with Crippen molar-refractivity contribution in [2.24, 2.45) is 0 Å². The third-order valence-corrected chi connectivity index (χ3v) is 7.15. The number of benzene rings is 1. The lowest BCUT2D eigenvalue weighted by Crippen LogP contribution is -2.70. The van der Waals surface area contributed by atoms with Gasteiger partial charge in [-0.1, -0.05) is 12.1 Å². The Morgan fingerprint density at radius 2 is 2.04 bits per heavy atom. The summed E-state index contributed by atoms with van der Waals surface area (Å²) in [6.45, 7) is 4.08. The Hall–Kier alpha value is -1.58. The number of para-hydroxylation sites is 1. The average Bonchev–Trinajstić information content (AvgIpc) is 3.38. The third-order valence-electron chi connectivity index (χ3n) is 6.03. The Balaban J connectivity index is 1.42. The molecule has 3 aliphatic rings. The van der Waals surface area contributed by atoms with Crippen molar-refractivity contribution >= 4 is 27.5 Å². The number of hydrogen-bond donors (Lipinski definition) is 4. The van der Waals surface area contributed by atoms with E-state index in [4.69, 9.17) is 4.98 Å². The molecule has 5 rings (SSSR count). The molecule has 28 heavy (non-hydrogen) atoms. The first-order valence-corrected chi connectivity index (χ1v) is 11.2. The summed E-state index contributed by atoms with van der Waals surface area (Å²) in [4.78, 5) is 20.4. The first-order chi connectivity index (χ1) is 13.8. The van der Waals surface area contributed by atoms with Crippen molar-refractivity contribution in [1.29, 1.82) is 0 Å². The van der Waals surface area contributed by atoms with Crippen molar-refractivity contribution in [3.63, 3.8) is 0 Å². The predicted octanol–water partition coefficient (Wildman–Crippen LogP) is 1.15. The quantitative estimate of drug-likeness (QED) is 0.617. The molecule has 0 radical (unpaired) electrons. The SMILES string of the molecule is O=C1NC(N2CCCC2)NC(N[C@@H]2CCCNC2)C1c1nc2ccccc2s1. The van der Waals surface area contributed by atoms with Crippen LogP contribution in [0.2, 0.25) is 0 Å². The van der Waals surface area contributed by atoms with E-state index in [-0.39, 0.29) is 24.3 Å². The van der Waals surface area contributed by atoms with Crippen LogP contribution in [0.15, 0.2) is 24.3 Å².